The fourth-order valence-electron chi connectivity index (χ4n) is 4.96. The minimum absolute atomic E-state index is 0.0655. The number of aromatic nitrogens is 3. The normalized spacial score (nSPS) is 23.7. The largest absolute Gasteiger partial charge is 0.435 e. The highest BCUT2D eigenvalue weighted by Crippen LogP contribution is 2.47. The highest BCUT2D eigenvalue weighted by atomic mass is 35.5. The summed E-state index contributed by atoms with van der Waals surface area (Å²) in [7, 11) is 5.47. The van der Waals surface area contributed by atoms with Crippen molar-refractivity contribution in [1.82, 2.24) is 19.0 Å². The topological polar surface area (TPSA) is 119 Å². The molecule has 2 fully saturated rings. The highest BCUT2D eigenvalue weighted by Gasteiger charge is 2.48. The fraction of sp³-hybridized carbons (Fsp3) is 0.458. The van der Waals surface area contributed by atoms with E-state index in [4.69, 9.17) is 28.9 Å². The van der Waals surface area contributed by atoms with Crippen molar-refractivity contribution < 1.29 is 24.5 Å². The molecule has 2 aliphatic heterocycles. The van der Waals surface area contributed by atoms with Crippen LogP contribution in [0.1, 0.15) is 32.6 Å². The molecule has 1 unspecified atom stereocenters. The Balaban J connectivity index is 1.25. The number of halogens is 1. The molecule has 2 radical (unpaired) electrons. The first kappa shape index (κ1) is 23.4. The summed E-state index contributed by atoms with van der Waals surface area (Å²) in [5.41, 5.74) is -0.844. The van der Waals surface area contributed by atoms with Crippen molar-refractivity contribution in [1.29, 1.82) is 0 Å². The van der Waals surface area contributed by atoms with Crippen LogP contribution in [0.2, 0.25) is 5.15 Å². The Morgan fingerprint density at radius 3 is 2.53 bits per heavy atom. The van der Waals surface area contributed by atoms with Gasteiger partial charge >= 0.3 is 5.87 Å². The number of ether oxygens (including phenoxy) is 2. The van der Waals surface area contributed by atoms with Gasteiger partial charge in [-0.05, 0) is 43.9 Å². The number of rotatable bonds is 4. The second-order valence-corrected chi connectivity index (χ2v) is 10.6. The molecule has 3 aliphatic rings. The molecule has 1 amide bonds. The van der Waals surface area contributed by atoms with Crippen molar-refractivity contribution in [3.63, 3.8) is 0 Å². The van der Waals surface area contributed by atoms with E-state index in [-0.39, 0.29) is 45.5 Å². The van der Waals surface area contributed by atoms with E-state index >= 15 is 0 Å². The van der Waals surface area contributed by atoms with Crippen LogP contribution in [0.4, 0.5) is 0 Å². The Morgan fingerprint density at radius 2 is 1.83 bits per heavy atom. The van der Waals surface area contributed by atoms with E-state index in [1.165, 1.54) is 17.0 Å². The van der Waals surface area contributed by atoms with Gasteiger partial charge < -0.3 is 24.6 Å². The van der Waals surface area contributed by atoms with Crippen LogP contribution in [0.5, 0.6) is 11.5 Å². The number of hydrogen-bond acceptors (Lipinski definition) is 7. The first-order chi connectivity index (χ1) is 17.0. The molecule has 3 aromatic rings. The molecule has 186 valence electrons. The molecule has 2 aromatic heterocycles. The standard InChI is InChI=1S/C24H24BClN4O6/c1-22(4-5-22)21(32)28-8-6-23(33,7-9-28)12-29-13-27-19-15(20(29)31)11-18(26)30(19)14-2-3-16-17(10-14)36-24(25,34)35-16/h2-3,10-11,13,33-34H,4-9,12H2,1H3. The van der Waals surface area contributed by atoms with Gasteiger partial charge in [0, 0.05) is 24.6 Å². The lowest BCUT2D eigenvalue weighted by Gasteiger charge is -2.39. The molecule has 1 atom stereocenters. The minimum atomic E-state index is -2.25. The number of fused-ring (bicyclic) bond motifs is 2. The van der Waals surface area contributed by atoms with E-state index in [9.17, 15) is 19.8 Å². The Bertz CT molecular complexity index is 1450. The lowest BCUT2D eigenvalue weighted by molar-refractivity contribution is -0.178. The number of hydrogen-bond donors (Lipinski definition) is 2. The van der Waals surface area contributed by atoms with Gasteiger partial charge in [-0.1, -0.05) is 18.5 Å². The molecule has 4 heterocycles. The van der Waals surface area contributed by atoms with Crippen molar-refractivity contribution in [2.24, 2.45) is 5.41 Å². The van der Waals surface area contributed by atoms with Crippen LogP contribution in [0.25, 0.3) is 16.7 Å². The second kappa shape index (κ2) is 7.74. The lowest BCUT2D eigenvalue weighted by atomic mass is 9.90. The molecular formula is C24H24BClN4O6. The Hall–Kier alpha value is -3.02. The number of aliphatic hydroxyl groups is 2. The van der Waals surface area contributed by atoms with Gasteiger partial charge in [-0.2, -0.15) is 0 Å². The molecular weight excluding hydrogens is 487 g/mol. The second-order valence-electron chi connectivity index (χ2n) is 10.3. The van der Waals surface area contributed by atoms with E-state index in [1.807, 2.05) is 11.8 Å². The van der Waals surface area contributed by atoms with Gasteiger partial charge in [0.1, 0.15) is 11.5 Å². The average molecular weight is 511 g/mol. The summed E-state index contributed by atoms with van der Waals surface area (Å²) < 4.78 is 13.2. The van der Waals surface area contributed by atoms with Gasteiger partial charge in [-0.15, -0.1) is 0 Å². The molecule has 10 nitrogen and oxygen atoms in total. The van der Waals surface area contributed by atoms with E-state index in [0.717, 1.165) is 12.8 Å². The zero-order chi connectivity index (χ0) is 25.5. The molecule has 36 heavy (non-hydrogen) atoms. The zero-order valence-corrected chi connectivity index (χ0v) is 20.4. The van der Waals surface area contributed by atoms with E-state index < -0.39 is 11.5 Å². The average Bonchev–Trinajstić information content (AvgIpc) is 3.36. The third-order valence-electron chi connectivity index (χ3n) is 7.40. The number of amides is 1. The minimum Gasteiger partial charge on any atom is -0.435 e. The number of nitrogens with zero attached hydrogens (tertiary/aromatic N) is 4. The van der Waals surface area contributed by atoms with E-state index in [0.29, 0.717) is 37.3 Å². The van der Waals surface area contributed by atoms with Crippen LogP contribution in [0, 0.1) is 5.41 Å². The summed E-state index contributed by atoms with van der Waals surface area (Å²) in [5, 5.41) is 21.5. The van der Waals surface area contributed by atoms with Gasteiger partial charge in [0.05, 0.1) is 23.2 Å². The monoisotopic (exact) mass is 510 g/mol. The van der Waals surface area contributed by atoms with Crippen LogP contribution in [-0.4, -0.2) is 67.5 Å². The number of likely N-dealkylation sites (tertiary alicyclic amines) is 1. The first-order valence-electron chi connectivity index (χ1n) is 11.8. The molecule has 12 heteroatoms. The van der Waals surface area contributed by atoms with Crippen LogP contribution < -0.4 is 15.0 Å². The van der Waals surface area contributed by atoms with Gasteiger partial charge in [0.15, 0.2) is 17.1 Å². The maximum atomic E-state index is 13.3. The molecule has 1 aromatic carbocycles. The summed E-state index contributed by atoms with van der Waals surface area (Å²) in [6.07, 6.45) is 3.98. The van der Waals surface area contributed by atoms with Crippen LogP contribution >= 0.6 is 11.6 Å². The molecule has 0 spiro atoms. The summed E-state index contributed by atoms with van der Waals surface area (Å²) in [6.45, 7) is 2.96. The highest BCUT2D eigenvalue weighted by molar-refractivity contribution is 6.31. The Kier molecular flexibility index (Phi) is 5.03. The van der Waals surface area contributed by atoms with Crippen molar-refractivity contribution >= 4 is 36.4 Å². The Morgan fingerprint density at radius 1 is 1.14 bits per heavy atom. The summed E-state index contributed by atoms with van der Waals surface area (Å²) in [5.74, 6) is -1.62. The molecule has 1 saturated carbocycles. The quantitative estimate of drug-likeness (QED) is 0.511. The molecule has 6 rings (SSSR count). The fourth-order valence-corrected chi connectivity index (χ4v) is 5.25. The van der Waals surface area contributed by atoms with Crippen LogP contribution in [0.15, 0.2) is 35.4 Å². The van der Waals surface area contributed by atoms with Crippen molar-refractivity contribution in [2.75, 3.05) is 13.1 Å². The molecule has 2 N–H and O–H groups in total. The summed E-state index contributed by atoms with van der Waals surface area (Å²) in [6, 6.07) is 6.32. The number of piperidine rings is 1. The predicted octanol–water partition coefficient (Wildman–Crippen LogP) is 1.54. The van der Waals surface area contributed by atoms with Crippen LogP contribution in [-0.2, 0) is 11.3 Å². The molecule has 1 saturated heterocycles. The van der Waals surface area contributed by atoms with Gasteiger partial charge in [-0.3, -0.25) is 18.7 Å². The molecule has 0 bridgehead atoms. The maximum absolute atomic E-state index is 13.3. The van der Waals surface area contributed by atoms with Gasteiger partial charge in [0.2, 0.25) is 13.8 Å². The van der Waals surface area contributed by atoms with E-state index in [1.54, 1.807) is 22.8 Å². The summed E-state index contributed by atoms with van der Waals surface area (Å²) in [4.78, 5) is 32.2. The summed E-state index contributed by atoms with van der Waals surface area (Å²) >= 11 is 6.48. The van der Waals surface area contributed by atoms with E-state index in [2.05, 4.69) is 4.98 Å². The lowest BCUT2D eigenvalue weighted by Crippen LogP contribution is -2.51. The number of benzene rings is 1. The molecule has 1 aliphatic carbocycles. The third-order valence-corrected chi connectivity index (χ3v) is 7.68. The first-order valence-corrected chi connectivity index (χ1v) is 12.2. The maximum Gasteiger partial charge on any atom is 0.302 e. The smallest absolute Gasteiger partial charge is 0.302 e. The van der Waals surface area contributed by atoms with Crippen LogP contribution in [0.3, 0.4) is 0 Å². The predicted molar refractivity (Wildman–Crippen MR) is 130 cm³/mol. The van der Waals surface area contributed by atoms with Gasteiger partial charge in [0.25, 0.3) is 5.56 Å². The Labute approximate surface area is 212 Å². The third kappa shape index (κ3) is 3.86. The number of carbonyl (C=O) groups excluding carboxylic acids is 1. The van der Waals surface area contributed by atoms with Crippen molar-refractivity contribution in [3.8, 4) is 17.2 Å². The van der Waals surface area contributed by atoms with Crippen molar-refractivity contribution in [3.05, 3.63) is 46.1 Å². The zero-order valence-electron chi connectivity index (χ0n) is 19.6. The number of carbonyl (C=O) groups is 1. The van der Waals surface area contributed by atoms with Gasteiger partial charge in [-0.25, -0.2) is 4.98 Å². The SMILES string of the molecule is [B]C1(O)Oc2ccc(-n3c(Cl)cc4c(=O)n(CC5(O)CCN(C(=O)C6(C)CC6)CC5)cnc43)cc2O1. The van der Waals surface area contributed by atoms with Crippen molar-refractivity contribution in [2.45, 2.75) is 50.6 Å².